The predicted molar refractivity (Wildman–Crippen MR) is 71.8 cm³/mol. The number of carbonyl (C=O) groups excluding carboxylic acids is 1. The lowest BCUT2D eigenvalue weighted by molar-refractivity contribution is 0.1000. The molecule has 0 aliphatic carbocycles. The Morgan fingerprint density at radius 3 is 2.53 bits per heavy atom. The van der Waals surface area contributed by atoms with Crippen molar-refractivity contribution < 1.29 is 4.79 Å². The Labute approximate surface area is 112 Å². The van der Waals surface area contributed by atoms with Gasteiger partial charge in [0.1, 0.15) is 10.2 Å². The van der Waals surface area contributed by atoms with Gasteiger partial charge in [0.05, 0.1) is 18.2 Å². The lowest BCUT2D eigenvalue weighted by Gasteiger charge is -1.88. The molecule has 0 bridgehead atoms. The minimum Gasteiger partial charge on any atom is -0.366 e. The van der Waals surface area contributed by atoms with Crippen LogP contribution in [0.15, 0.2) is 37.2 Å². The van der Waals surface area contributed by atoms with Gasteiger partial charge in [-0.1, -0.05) is 12.2 Å². The summed E-state index contributed by atoms with van der Waals surface area (Å²) in [7, 11) is 0. The fraction of sp³-hybridized carbons (Fsp3) is 0. The number of amides is 1. The van der Waals surface area contributed by atoms with Gasteiger partial charge in [0.25, 0.3) is 0 Å². The van der Waals surface area contributed by atoms with E-state index < -0.39 is 5.91 Å². The molecule has 0 saturated carbocycles. The summed E-state index contributed by atoms with van der Waals surface area (Å²) in [6.45, 7) is 0. The van der Waals surface area contributed by atoms with Crippen LogP contribution in [0.1, 0.15) is 10.4 Å². The zero-order chi connectivity index (χ0) is 13.7. The predicted octanol–water partition coefficient (Wildman–Crippen LogP) is 1.20. The summed E-state index contributed by atoms with van der Waals surface area (Å²) >= 11 is 4.94. The minimum atomic E-state index is -0.442. The van der Waals surface area contributed by atoms with Gasteiger partial charge in [0.15, 0.2) is 5.65 Å². The summed E-state index contributed by atoms with van der Waals surface area (Å²) in [5, 5.41) is 0. The Morgan fingerprint density at radius 1 is 1.26 bits per heavy atom. The molecule has 0 aromatic carbocycles. The zero-order valence-electron chi connectivity index (χ0n) is 9.70. The number of nitrogens with two attached hydrogens (primary N) is 1. The second-order valence-electron chi connectivity index (χ2n) is 3.44. The average molecular weight is 274 g/mol. The van der Waals surface area contributed by atoms with Gasteiger partial charge in [-0.3, -0.25) is 9.78 Å². The SMILES string of the molecule is NC(=O)c1cccnc1.S=c1[nH]cnc2nc[nH]c12. The van der Waals surface area contributed by atoms with E-state index in [0.717, 1.165) is 5.52 Å². The number of hydrogen-bond acceptors (Lipinski definition) is 5. The number of rotatable bonds is 1. The van der Waals surface area contributed by atoms with Crippen LogP contribution in [0.4, 0.5) is 0 Å². The lowest BCUT2D eigenvalue weighted by Crippen LogP contribution is -2.10. The molecule has 4 N–H and O–H groups in total. The Morgan fingerprint density at radius 2 is 2.00 bits per heavy atom. The molecule has 19 heavy (non-hydrogen) atoms. The molecule has 3 aromatic rings. The monoisotopic (exact) mass is 274 g/mol. The van der Waals surface area contributed by atoms with E-state index in [0.29, 0.717) is 15.9 Å². The van der Waals surface area contributed by atoms with Gasteiger partial charge in [0.2, 0.25) is 5.91 Å². The van der Waals surface area contributed by atoms with Gasteiger partial charge >= 0.3 is 0 Å². The van der Waals surface area contributed by atoms with Crippen molar-refractivity contribution in [2.75, 3.05) is 0 Å². The Balaban J connectivity index is 0.000000141. The van der Waals surface area contributed by atoms with E-state index in [1.54, 1.807) is 24.7 Å². The molecule has 3 heterocycles. The normalized spacial score (nSPS) is 9.68. The molecule has 8 heteroatoms. The maximum atomic E-state index is 10.4. The number of aromatic amines is 2. The van der Waals surface area contributed by atoms with Crippen molar-refractivity contribution in [2.24, 2.45) is 5.73 Å². The van der Waals surface area contributed by atoms with E-state index in [9.17, 15) is 4.79 Å². The molecular weight excluding hydrogens is 264 g/mol. The summed E-state index contributed by atoms with van der Waals surface area (Å²) < 4.78 is 0.641. The number of primary amides is 1. The van der Waals surface area contributed by atoms with Crippen molar-refractivity contribution in [3.05, 3.63) is 47.4 Å². The van der Waals surface area contributed by atoms with E-state index in [2.05, 4.69) is 24.9 Å². The maximum Gasteiger partial charge on any atom is 0.250 e. The van der Waals surface area contributed by atoms with Gasteiger partial charge in [-0.15, -0.1) is 0 Å². The molecule has 0 aliphatic heterocycles. The molecule has 3 rings (SSSR count). The van der Waals surface area contributed by atoms with E-state index >= 15 is 0 Å². The van der Waals surface area contributed by atoms with E-state index in [4.69, 9.17) is 18.0 Å². The summed E-state index contributed by atoms with van der Waals surface area (Å²) in [4.78, 5) is 27.6. The molecule has 0 unspecified atom stereocenters. The molecule has 7 nitrogen and oxygen atoms in total. The van der Waals surface area contributed by atoms with Crippen molar-refractivity contribution in [3.8, 4) is 0 Å². The van der Waals surface area contributed by atoms with E-state index in [1.165, 1.54) is 12.5 Å². The first kappa shape index (κ1) is 12.8. The maximum absolute atomic E-state index is 10.4. The number of imidazole rings is 1. The van der Waals surface area contributed by atoms with E-state index in [1.807, 2.05) is 0 Å². The molecule has 1 amide bonds. The van der Waals surface area contributed by atoms with Crippen LogP contribution in [0.25, 0.3) is 11.2 Å². The summed E-state index contributed by atoms with van der Waals surface area (Å²) in [6.07, 6.45) is 6.13. The van der Waals surface area contributed by atoms with E-state index in [-0.39, 0.29) is 0 Å². The molecule has 0 fully saturated rings. The number of nitrogens with one attached hydrogen (secondary N) is 2. The fourth-order valence-corrected chi connectivity index (χ4v) is 1.49. The number of fused-ring (bicyclic) bond motifs is 1. The molecule has 0 saturated heterocycles. The molecule has 96 valence electrons. The molecule has 3 aromatic heterocycles. The molecule has 0 atom stereocenters. The molecule has 0 spiro atoms. The minimum absolute atomic E-state index is 0.442. The number of hydrogen-bond donors (Lipinski definition) is 3. The van der Waals surface area contributed by atoms with Gasteiger partial charge in [-0.2, -0.15) is 0 Å². The molecule has 0 radical (unpaired) electrons. The Bertz CT molecular complexity index is 735. The topological polar surface area (TPSA) is 113 Å². The quantitative estimate of drug-likeness (QED) is 0.577. The summed E-state index contributed by atoms with van der Waals surface area (Å²) in [6, 6.07) is 3.29. The van der Waals surface area contributed by atoms with Crippen LogP contribution >= 0.6 is 12.2 Å². The van der Waals surface area contributed by atoms with Gasteiger partial charge in [-0.25, -0.2) is 9.97 Å². The third-order valence-electron chi connectivity index (χ3n) is 2.17. The van der Waals surface area contributed by atoms with Crippen molar-refractivity contribution >= 4 is 29.3 Å². The van der Waals surface area contributed by atoms with Crippen LogP contribution in [0.5, 0.6) is 0 Å². The second kappa shape index (κ2) is 5.83. The lowest BCUT2D eigenvalue weighted by atomic mass is 10.3. The van der Waals surface area contributed by atoms with Crippen LogP contribution in [0, 0.1) is 4.64 Å². The molecular formula is C11H10N6OS. The van der Waals surface area contributed by atoms with Crippen molar-refractivity contribution in [2.45, 2.75) is 0 Å². The first-order valence-corrected chi connectivity index (χ1v) is 5.66. The largest absolute Gasteiger partial charge is 0.366 e. The summed E-state index contributed by atoms with van der Waals surface area (Å²) in [5.74, 6) is -0.442. The highest BCUT2D eigenvalue weighted by Crippen LogP contribution is 2.02. The van der Waals surface area contributed by atoms with Crippen LogP contribution in [0.3, 0.4) is 0 Å². The first-order valence-electron chi connectivity index (χ1n) is 5.25. The highest BCUT2D eigenvalue weighted by molar-refractivity contribution is 7.71. The number of pyridine rings is 1. The highest BCUT2D eigenvalue weighted by Gasteiger charge is 1.95. The first-order chi connectivity index (χ1) is 9.18. The highest BCUT2D eigenvalue weighted by atomic mass is 32.1. The van der Waals surface area contributed by atoms with Crippen LogP contribution < -0.4 is 5.73 Å². The zero-order valence-corrected chi connectivity index (χ0v) is 10.5. The van der Waals surface area contributed by atoms with Crippen molar-refractivity contribution in [3.63, 3.8) is 0 Å². The third kappa shape index (κ3) is 3.19. The van der Waals surface area contributed by atoms with Crippen LogP contribution in [-0.2, 0) is 0 Å². The number of H-pyrrole nitrogens is 2. The standard InChI is InChI=1S/C6H6N2O.C5H4N4S/c7-6(9)5-2-1-3-8-4-5;10-5-3-4(7-1-6-3)8-2-9-5/h1-4H,(H2,7,9);1-2H,(H2,6,7,8,9,10). The smallest absolute Gasteiger partial charge is 0.250 e. The van der Waals surface area contributed by atoms with Gasteiger partial charge in [0, 0.05) is 12.4 Å². The Kier molecular flexibility index (Phi) is 3.94. The fourth-order valence-electron chi connectivity index (χ4n) is 1.28. The summed E-state index contributed by atoms with van der Waals surface area (Å²) in [5.41, 5.74) is 6.82. The third-order valence-corrected chi connectivity index (χ3v) is 2.50. The Hall–Kier alpha value is -2.61. The average Bonchev–Trinajstić information content (AvgIpc) is 2.90. The van der Waals surface area contributed by atoms with Crippen molar-refractivity contribution in [1.82, 2.24) is 24.9 Å². The van der Waals surface area contributed by atoms with Crippen molar-refractivity contribution in [1.29, 1.82) is 0 Å². The van der Waals surface area contributed by atoms with Crippen LogP contribution in [-0.4, -0.2) is 30.8 Å². The van der Waals surface area contributed by atoms with Gasteiger partial charge in [-0.05, 0) is 12.1 Å². The second-order valence-corrected chi connectivity index (χ2v) is 3.85. The number of carbonyl (C=O) groups is 1. The number of aromatic nitrogens is 5. The van der Waals surface area contributed by atoms with Gasteiger partial charge < -0.3 is 15.7 Å². The molecule has 0 aliphatic rings. The van der Waals surface area contributed by atoms with Crippen LogP contribution in [0.2, 0.25) is 0 Å². The number of nitrogens with zero attached hydrogens (tertiary/aromatic N) is 3.